The van der Waals surface area contributed by atoms with Gasteiger partial charge in [-0.1, -0.05) is 18.2 Å². The molecule has 0 aromatic heterocycles. The number of piperidine rings is 1. The molecule has 1 aliphatic heterocycles. The van der Waals surface area contributed by atoms with Crippen LogP contribution in [-0.2, 0) is 15.0 Å². The van der Waals surface area contributed by atoms with Gasteiger partial charge in [0, 0.05) is 27.2 Å². The van der Waals surface area contributed by atoms with Crippen LogP contribution < -0.4 is 10.1 Å². The maximum absolute atomic E-state index is 12.5. The lowest BCUT2D eigenvalue weighted by molar-refractivity contribution is -0.126. The lowest BCUT2D eigenvalue weighted by atomic mass is 9.98. The predicted molar refractivity (Wildman–Crippen MR) is 101 cm³/mol. The molecule has 7 nitrogen and oxygen atoms in total. The van der Waals surface area contributed by atoms with Crippen LogP contribution in [-0.4, -0.2) is 62.8 Å². The van der Waals surface area contributed by atoms with Crippen molar-refractivity contribution < 1.29 is 17.9 Å². The van der Waals surface area contributed by atoms with E-state index in [1.165, 1.54) is 22.7 Å². The highest BCUT2D eigenvalue weighted by atomic mass is 32.2. The van der Waals surface area contributed by atoms with Crippen LogP contribution in [0.15, 0.2) is 24.3 Å². The summed E-state index contributed by atoms with van der Waals surface area (Å²) in [7, 11) is -0.476. The number of nitrogens with zero attached hydrogens (tertiary/aromatic N) is 2. The number of aryl methyl sites for hydroxylation is 1. The van der Waals surface area contributed by atoms with Gasteiger partial charge >= 0.3 is 0 Å². The largest absolute Gasteiger partial charge is 0.491 e. The van der Waals surface area contributed by atoms with Crippen LogP contribution in [0.4, 0.5) is 0 Å². The monoisotopic (exact) mass is 383 g/mol. The average Bonchev–Trinajstić information content (AvgIpc) is 2.61. The molecule has 1 N–H and O–H groups in total. The van der Waals surface area contributed by atoms with E-state index >= 15 is 0 Å². The van der Waals surface area contributed by atoms with Crippen molar-refractivity contribution in [3.05, 3.63) is 29.8 Å². The van der Waals surface area contributed by atoms with Crippen LogP contribution in [0.25, 0.3) is 0 Å². The molecule has 2 rings (SSSR count). The number of hydrogen-bond acceptors (Lipinski definition) is 4. The summed E-state index contributed by atoms with van der Waals surface area (Å²) in [6.45, 7) is 4.89. The molecule has 1 heterocycles. The molecule has 0 radical (unpaired) electrons. The molecule has 146 valence electrons. The van der Waals surface area contributed by atoms with Crippen LogP contribution in [0, 0.1) is 12.8 Å². The molecule has 1 aliphatic rings. The Balaban J connectivity index is 1.87. The molecule has 2 atom stereocenters. The third-order valence-electron chi connectivity index (χ3n) is 4.51. The standard InChI is InChI=1S/C18H29N3O4S/c1-14-8-5-6-10-17(14)25-13-15(2)19-18(22)16-9-7-11-21(12-16)26(23,24)20(3)4/h5-6,8,10,15-16H,7,9,11-13H2,1-4H3,(H,19,22)/t15-,16-/m0/s1. The van der Waals surface area contributed by atoms with Crippen molar-refractivity contribution in [2.24, 2.45) is 5.92 Å². The van der Waals surface area contributed by atoms with Gasteiger partial charge < -0.3 is 10.1 Å². The van der Waals surface area contributed by atoms with Crippen LogP contribution >= 0.6 is 0 Å². The van der Waals surface area contributed by atoms with Gasteiger partial charge in [0.25, 0.3) is 10.2 Å². The Hall–Kier alpha value is -1.64. The van der Waals surface area contributed by atoms with Crippen molar-refractivity contribution in [2.45, 2.75) is 32.7 Å². The molecule has 1 aromatic rings. The number of hydrogen-bond donors (Lipinski definition) is 1. The lowest BCUT2D eigenvalue weighted by Gasteiger charge is -2.33. The van der Waals surface area contributed by atoms with Gasteiger partial charge in [-0.3, -0.25) is 4.79 Å². The first-order chi connectivity index (χ1) is 12.2. The first-order valence-corrected chi connectivity index (χ1v) is 10.3. The second kappa shape index (κ2) is 8.83. The first-order valence-electron chi connectivity index (χ1n) is 8.88. The van der Waals surface area contributed by atoms with Crippen molar-refractivity contribution in [3.63, 3.8) is 0 Å². The number of carbonyl (C=O) groups is 1. The smallest absolute Gasteiger partial charge is 0.281 e. The fraction of sp³-hybridized carbons (Fsp3) is 0.611. The minimum atomic E-state index is -3.48. The van der Waals surface area contributed by atoms with E-state index in [0.29, 0.717) is 26.0 Å². The normalized spacial score (nSPS) is 20.0. The summed E-state index contributed by atoms with van der Waals surface area (Å²) in [6, 6.07) is 7.56. The SMILES string of the molecule is Cc1ccccc1OC[C@H](C)NC(=O)[C@H]1CCCN(S(=O)(=O)N(C)C)C1. The molecule has 0 aliphatic carbocycles. The van der Waals surface area contributed by atoms with Gasteiger partial charge in [-0.25, -0.2) is 0 Å². The van der Waals surface area contributed by atoms with Crippen molar-refractivity contribution in [1.82, 2.24) is 13.9 Å². The van der Waals surface area contributed by atoms with Crippen LogP contribution in [0.1, 0.15) is 25.3 Å². The van der Waals surface area contributed by atoms with Gasteiger partial charge in [0.05, 0.1) is 12.0 Å². The number of benzene rings is 1. The number of para-hydroxylation sites is 1. The highest BCUT2D eigenvalue weighted by Crippen LogP contribution is 2.21. The lowest BCUT2D eigenvalue weighted by Crippen LogP contribution is -2.50. The van der Waals surface area contributed by atoms with E-state index in [1.54, 1.807) is 0 Å². The average molecular weight is 384 g/mol. The number of amides is 1. The first kappa shape index (κ1) is 20.7. The second-order valence-corrected chi connectivity index (χ2v) is 9.12. The Morgan fingerprint density at radius 3 is 2.73 bits per heavy atom. The maximum Gasteiger partial charge on any atom is 0.281 e. The zero-order valence-electron chi connectivity index (χ0n) is 15.9. The Morgan fingerprint density at radius 2 is 2.08 bits per heavy atom. The zero-order valence-corrected chi connectivity index (χ0v) is 16.8. The quantitative estimate of drug-likeness (QED) is 0.772. The van der Waals surface area contributed by atoms with Crippen molar-refractivity contribution in [1.29, 1.82) is 0 Å². The predicted octanol–water partition coefficient (Wildman–Crippen LogP) is 1.40. The zero-order chi connectivity index (χ0) is 19.3. The van der Waals surface area contributed by atoms with E-state index in [4.69, 9.17) is 4.74 Å². The van der Waals surface area contributed by atoms with Gasteiger partial charge in [0.15, 0.2) is 0 Å². The summed E-state index contributed by atoms with van der Waals surface area (Å²) < 4.78 is 32.9. The third kappa shape index (κ3) is 5.18. The minimum Gasteiger partial charge on any atom is -0.491 e. The molecular weight excluding hydrogens is 354 g/mol. The molecule has 0 spiro atoms. The fourth-order valence-electron chi connectivity index (χ4n) is 2.93. The molecule has 1 saturated heterocycles. The highest BCUT2D eigenvalue weighted by Gasteiger charge is 2.33. The Bertz CT molecular complexity index is 721. The van der Waals surface area contributed by atoms with Gasteiger partial charge in [0.2, 0.25) is 5.91 Å². The molecule has 1 amide bonds. The van der Waals surface area contributed by atoms with Crippen LogP contribution in [0.2, 0.25) is 0 Å². The van der Waals surface area contributed by atoms with Crippen molar-refractivity contribution in [3.8, 4) is 5.75 Å². The van der Waals surface area contributed by atoms with Gasteiger partial charge in [-0.15, -0.1) is 0 Å². The van der Waals surface area contributed by atoms with Crippen LogP contribution in [0.5, 0.6) is 5.75 Å². The summed E-state index contributed by atoms with van der Waals surface area (Å²) in [5.74, 6) is 0.346. The van der Waals surface area contributed by atoms with E-state index in [1.807, 2.05) is 38.1 Å². The topological polar surface area (TPSA) is 79.0 Å². The number of nitrogens with one attached hydrogen (secondary N) is 1. The van der Waals surface area contributed by atoms with Crippen LogP contribution in [0.3, 0.4) is 0 Å². The molecule has 0 saturated carbocycles. The molecule has 0 unspecified atom stereocenters. The maximum atomic E-state index is 12.5. The molecule has 1 aromatic carbocycles. The molecule has 1 fully saturated rings. The van der Waals surface area contributed by atoms with E-state index in [9.17, 15) is 13.2 Å². The molecule has 8 heteroatoms. The van der Waals surface area contributed by atoms with Crippen molar-refractivity contribution >= 4 is 16.1 Å². The third-order valence-corrected chi connectivity index (χ3v) is 6.42. The Morgan fingerprint density at radius 1 is 1.38 bits per heavy atom. The fourth-order valence-corrected chi connectivity index (χ4v) is 4.12. The summed E-state index contributed by atoms with van der Waals surface area (Å²) >= 11 is 0. The van der Waals surface area contributed by atoms with Gasteiger partial charge in [-0.05, 0) is 38.3 Å². The number of rotatable bonds is 7. The number of carbonyl (C=O) groups excluding carboxylic acids is 1. The Labute approximate surface area is 156 Å². The summed E-state index contributed by atoms with van der Waals surface area (Å²) in [5, 5.41) is 2.94. The van der Waals surface area contributed by atoms with E-state index in [2.05, 4.69) is 5.32 Å². The number of ether oxygens (including phenoxy) is 1. The minimum absolute atomic E-state index is 0.121. The summed E-state index contributed by atoms with van der Waals surface area (Å²) in [4.78, 5) is 12.5. The second-order valence-electron chi connectivity index (χ2n) is 6.97. The highest BCUT2D eigenvalue weighted by molar-refractivity contribution is 7.86. The Kier molecular flexibility index (Phi) is 7.02. The van der Waals surface area contributed by atoms with Crippen molar-refractivity contribution in [2.75, 3.05) is 33.8 Å². The van der Waals surface area contributed by atoms with Gasteiger partial charge in [0.1, 0.15) is 12.4 Å². The van der Waals surface area contributed by atoms with E-state index in [0.717, 1.165) is 11.3 Å². The van der Waals surface area contributed by atoms with Gasteiger partial charge in [-0.2, -0.15) is 17.0 Å². The van der Waals surface area contributed by atoms with E-state index < -0.39 is 10.2 Å². The summed E-state index contributed by atoms with van der Waals surface area (Å²) in [6.07, 6.45) is 1.37. The summed E-state index contributed by atoms with van der Waals surface area (Å²) in [5.41, 5.74) is 1.04. The van der Waals surface area contributed by atoms with E-state index in [-0.39, 0.29) is 24.4 Å². The molecular formula is C18H29N3O4S. The molecule has 26 heavy (non-hydrogen) atoms. The molecule has 0 bridgehead atoms.